The molecule has 6 N–H and O–H groups in total. The number of carbonyl (C=O) groups is 3. The quantitative estimate of drug-likeness (QED) is 0.221. The number of nitrogens with two attached hydrogens (primary N) is 1. The van der Waals surface area contributed by atoms with Gasteiger partial charge in [0.2, 0.25) is 11.8 Å². The van der Waals surface area contributed by atoms with E-state index >= 15 is 0 Å². The fraction of sp³-hybridized carbons (Fsp3) is 0.364. The van der Waals surface area contributed by atoms with Gasteiger partial charge in [0.1, 0.15) is 11.8 Å². The standard InChI is InChI=1S/C33H42N4O5/c1-21-16-29(38)23(3)22(2)26(21)18-27(34)30(39)36-33(4,5)20-35-31(40)28(17-24-12-8-6-9-13-24)37(32(41)42)19-25-14-10-7-11-15-25/h6-16,27-28,38H,17-20,34H2,1-5H3,(H,35,40)(H,36,39)(H,41,42)/t27-,28+/m1/s1. The monoisotopic (exact) mass is 574 g/mol. The minimum atomic E-state index is -1.21. The number of hydrogen-bond acceptors (Lipinski definition) is 5. The van der Waals surface area contributed by atoms with Crippen LogP contribution in [0.4, 0.5) is 4.79 Å². The maximum Gasteiger partial charge on any atom is 0.408 e. The van der Waals surface area contributed by atoms with Crippen molar-refractivity contribution in [3.8, 4) is 5.75 Å². The van der Waals surface area contributed by atoms with Crippen molar-refractivity contribution < 1.29 is 24.6 Å². The molecule has 9 nitrogen and oxygen atoms in total. The number of hydrogen-bond donors (Lipinski definition) is 5. The minimum absolute atomic E-state index is 0.0473. The Hall–Kier alpha value is -4.37. The Kier molecular flexibility index (Phi) is 10.7. The first-order valence-electron chi connectivity index (χ1n) is 14.0. The fourth-order valence-corrected chi connectivity index (χ4v) is 4.91. The van der Waals surface area contributed by atoms with E-state index in [9.17, 15) is 24.6 Å². The maximum atomic E-state index is 13.6. The number of aryl methyl sites for hydroxylation is 1. The van der Waals surface area contributed by atoms with Gasteiger partial charge in [-0.2, -0.15) is 0 Å². The van der Waals surface area contributed by atoms with Gasteiger partial charge in [0.05, 0.1) is 11.6 Å². The first kappa shape index (κ1) is 32.1. The summed E-state index contributed by atoms with van der Waals surface area (Å²) in [6.45, 7) is 9.23. The summed E-state index contributed by atoms with van der Waals surface area (Å²) in [5.41, 5.74) is 10.4. The number of phenolic OH excluding ortho intramolecular Hbond substituents is 1. The zero-order valence-electron chi connectivity index (χ0n) is 25.0. The van der Waals surface area contributed by atoms with E-state index in [4.69, 9.17) is 5.73 Å². The predicted molar refractivity (Wildman–Crippen MR) is 163 cm³/mol. The minimum Gasteiger partial charge on any atom is -0.508 e. The van der Waals surface area contributed by atoms with Crippen molar-refractivity contribution >= 4 is 17.9 Å². The van der Waals surface area contributed by atoms with Crippen LogP contribution < -0.4 is 16.4 Å². The van der Waals surface area contributed by atoms with Gasteiger partial charge in [-0.15, -0.1) is 0 Å². The van der Waals surface area contributed by atoms with E-state index in [0.717, 1.165) is 38.3 Å². The number of carboxylic acid groups (broad SMARTS) is 1. The van der Waals surface area contributed by atoms with Gasteiger partial charge >= 0.3 is 6.09 Å². The first-order chi connectivity index (χ1) is 19.8. The van der Waals surface area contributed by atoms with Gasteiger partial charge < -0.3 is 26.6 Å². The first-order valence-corrected chi connectivity index (χ1v) is 14.0. The highest BCUT2D eigenvalue weighted by atomic mass is 16.4. The molecule has 0 saturated carbocycles. The van der Waals surface area contributed by atoms with E-state index in [0.29, 0.717) is 6.42 Å². The Morgan fingerprint density at radius 3 is 2.02 bits per heavy atom. The van der Waals surface area contributed by atoms with Crippen LogP contribution in [0.1, 0.15) is 47.2 Å². The summed E-state index contributed by atoms with van der Waals surface area (Å²) in [6, 6.07) is 18.2. The molecule has 0 radical (unpaired) electrons. The molecule has 0 aliphatic rings. The second kappa shape index (κ2) is 14.0. The predicted octanol–water partition coefficient (Wildman–Crippen LogP) is 3.99. The van der Waals surface area contributed by atoms with Crippen LogP contribution in [-0.4, -0.2) is 57.2 Å². The number of phenols is 1. The third-order valence-corrected chi connectivity index (χ3v) is 7.55. The van der Waals surface area contributed by atoms with Crippen LogP contribution in [0.2, 0.25) is 0 Å². The average molecular weight is 575 g/mol. The van der Waals surface area contributed by atoms with E-state index in [1.807, 2.05) is 81.4 Å². The number of benzene rings is 3. The molecule has 0 spiro atoms. The highest BCUT2D eigenvalue weighted by molar-refractivity contribution is 5.86. The summed E-state index contributed by atoms with van der Waals surface area (Å²) in [7, 11) is 0. The summed E-state index contributed by atoms with van der Waals surface area (Å²) in [5.74, 6) is -0.634. The smallest absolute Gasteiger partial charge is 0.408 e. The molecule has 0 unspecified atom stereocenters. The molecule has 0 fully saturated rings. The van der Waals surface area contributed by atoms with Crippen LogP contribution >= 0.6 is 0 Å². The van der Waals surface area contributed by atoms with Gasteiger partial charge in [-0.25, -0.2) is 4.79 Å². The Labute approximate surface area is 247 Å². The Morgan fingerprint density at radius 2 is 1.45 bits per heavy atom. The van der Waals surface area contributed by atoms with Crippen molar-refractivity contribution in [3.63, 3.8) is 0 Å². The van der Waals surface area contributed by atoms with Crippen LogP contribution in [0.25, 0.3) is 0 Å². The number of aromatic hydroxyl groups is 1. The molecule has 42 heavy (non-hydrogen) atoms. The fourth-order valence-electron chi connectivity index (χ4n) is 4.91. The number of carbonyl (C=O) groups excluding carboxylic acids is 2. The lowest BCUT2D eigenvalue weighted by Gasteiger charge is -2.32. The molecule has 2 atom stereocenters. The molecule has 3 rings (SSSR count). The topological polar surface area (TPSA) is 145 Å². The van der Waals surface area contributed by atoms with E-state index in [1.54, 1.807) is 19.9 Å². The van der Waals surface area contributed by atoms with E-state index in [1.165, 1.54) is 0 Å². The van der Waals surface area contributed by atoms with Gasteiger partial charge in [0, 0.05) is 19.5 Å². The van der Waals surface area contributed by atoms with Crippen LogP contribution in [0, 0.1) is 20.8 Å². The summed E-state index contributed by atoms with van der Waals surface area (Å²) in [4.78, 5) is 40.1. The normalized spacial score (nSPS) is 12.7. The Bertz CT molecular complexity index is 1390. The van der Waals surface area contributed by atoms with Crippen molar-refractivity contribution in [2.45, 2.75) is 71.6 Å². The van der Waals surface area contributed by atoms with Crippen molar-refractivity contribution in [1.29, 1.82) is 0 Å². The lowest BCUT2D eigenvalue weighted by molar-refractivity contribution is -0.127. The molecule has 0 bridgehead atoms. The van der Waals surface area contributed by atoms with Gasteiger partial charge in [-0.1, -0.05) is 60.7 Å². The van der Waals surface area contributed by atoms with Crippen molar-refractivity contribution in [3.05, 3.63) is 100 Å². The summed E-state index contributed by atoms with van der Waals surface area (Å²) in [5, 5.41) is 26.0. The molecule has 3 aromatic rings. The molecule has 224 valence electrons. The molecule has 0 aliphatic heterocycles. The third-order valence-electron chi connectivity index (χ3n) is 7.55. The summed E-state index contributed by atoms with van der Waals surface area (Å²) < 4.78 is 0. The molecule has 0 aromatic heterocycles. The van der Waals surface area contributed by atoms with Crippen molar-refractivity contribution in [1.82, 2.24) is 15.5 Å². The molecule has 0 saturated heterocycles. The van der Waals surface area contributed by atoms with Gasteiger partial charge in [-0.05, 0) is 80.5 Å². The van der Waals surface area contributed by atoms with E-state index in [-0.39, 0.29) is 31.2 Å². The average Bonchev–Trinajstić information content (AvgIpc) is 2.95. The molecular formula is C33H42N4O5. The lowest BCUT2D eigenvalue weighted by Crippen LogP contribution is -2.58. The van der Waals surface area contributed by atoms with Gasteiger partial charge in [-0.3, -0.25) is 14.5 Å². The summed E-state index contributed by atoms with van der Waals surface area (Å²) >= 11 is 0. The second-order valence-corrected chi connectivity index (χ2v) is 11.4. The zero-order valence-corrected chi connectivity index (χ0v) is 25.0. The largest absolute Gasteiger partial charge is 0.508 e. The van der Waals surface area contributed by atoms with Crippen LogP contribution in [0.15, 0.2) is 66.7 Å². The molecule has 3 aromatic carbocycles. The zero-order chi connectivity index (χ0) is 31.0. The van der Waals surface area contributed by atoms with Crippen LogP contribution in [0.3, 0.4) is 0 Å². The highest BCUT2D eigenvalue weighted by Gasteiger charge is 2.32. The number of nitrogens with one attached hydrogen (secondary N) is 2. The molecule has 9 heteroatoms. The third kappa shape index (κ3) is 8.57. The molecule has 3 amide bonds. The summed E-state index contributed by atoms with van der Waals surface area (Å²) in [6.07, 6.45) is -0.725. The van der Waals surface area contributed by atoms with Gasteiger partial charge in [0.25, 0.3) is 0 Å². The number of rotatable bonds is 12. The number of nitrogens with zero attached hydrogens (tertiary/aromatic N) is 1. The molecule has 0 aliphatic carbocycles. The van der Waals surface area contributed by atoms with E-state index < -0.39 is 29.6 Å². The maximum absolute atomic E-state index is 13.6. The van der Waals surface area contributed by atoms with Gasteiger partial charge in [0.15, 0.2) is 0 Å². The second-order valence-electron chi connectivity index (χ2n) is 11.4. The SMILES string of the molecule is Cc1cc(O)c(C)c(C)c1C[C@@H](N)C(=O)NC(C)(C)CNC(=O)[C@H](Cc1ccccc1)N(Cc1ccccc1)C(=O)O. The van der Waals surface area contributed by atoms with Crippen molar-refractivity contribution in [2.24, 2.45) is 5.73 Å². The lowest BCUT2D eigenvalue weighted by atomic mass is 9.92. The highest BCUT2D eigenvalue weighted by Crippen LogP contribution is 2.27. The molecule has 0 heterocycles. The Morgan fingerprint density at radius 1 is 0.881 bits per heavy atom. The number of amides is 3. The van der Waals surface area contributed by atoms with Crippen LogP contribution in [0.5, 0.6) is 5.75 Å². The van der Waals surface area contributed by atoms with Crippen molar-refractivity contribution in [2.75, 3.05) is 6.54 Å². The Balaban J connectivity index is 1.71. The molecular weight excluding hydrogens is 532 g/mol. The van der Waals surface area contributed by atoms with E-state index in [2.05, 4.69) is 10.6 Å². The van der Waals surface area contributed by atoms with Crippen LogP contribution in [-0.2, 0) is 29.0 Å².